The van der Waals surface area contributed by atoms with Gasteiger partial charge in [-0.15, -0.1) is 0 Å². The molecule has 2 atom stereocenters. The maximum absolute atomic E-state index is 11.4. The summed E-state index contributed by atoms with van der Waals surface area (Å²) < 4.78 is 18.7. The SMILES string of the molecule is C=C1C[C@H](P(=O)(O)O)O[C@H]1Cn1cnc2c(C3CC3)nc(N)nc21. The molecule has 9 nitrogen and oxygen atoms in total. The smallest absolute Gasteiger partial charge is 0.354 e. The molecular formula is C14H18N5O4P. The number of nitrogens with two attached hydrogens (primary N) is 1. The monoisotopic (exact) mass is 351 g/mol. The van der Waals surface area contributed by atoms with Crippen molar-refractivity contribution in [1.82, 2.24) is 19.5 Å². The van der Waals surface area contributed by atoms with Crippen molar-refractivity contribution in [3.63, 3.8) is 0 Å². The van der Waals surface area contributed by atoms with Crippen LogP contribution in [-0.4, -0.2) is 41.3 Å². The van der Waals surface area contributed by atoms with E-state index < -0.39 is 19.5 Å². The molecule has 1 aliphatic carbocycles. The van der Waals surface area contributed by atoms with Crippen molar-refractivity contribution in [2.45, 2.75) is 43.7 Å². The molecule has 4 N–H and O–H groups in total. The molecule has 1 aliphatic heterocycles. The number of ether oxygens (including phenoxy) is 1. The Bertz CT molecular complexity index is 871. The summed E-state index contributed by atoms with van der Waals surface area (Å²) in [7, 11) is -4.30. The van der Waals surface area contributed by atoms with Gasteiger partial charge >= 0.3 is 7.60 Å². The van der Waals surface area contributed by atoms with E-state index in [-0.39, 0.29) is 12.4 Å². The zero-order valence-electron chi connectivity index (χ0n) is 12.9. The maximum atomic E-state index is 11.4. The number of nitrogen functional groups attached to an aromatic ring is 1. The van der Waals surface area contributed by atoms with E-state index in [1.54, 1.807) is 10.9 Å². The third-order valence-electron chi connectivity index (χ3n) is 4.42. The second-order valence-corrected chi connectivity index (χ2v) is 8.10. The van der Waals surface area contributed by atoms with Crippen LogP contribution in [0.25, 0.3) is 11.2 Å². The highest BCUT2D eigenvalue weighted by Gasteiger charge is 2.40. The number of nitrogens with zero attached hydrogens (tertiary/aromatic N) is 4. The van der Waals surface area contributed by atoms with Crippen LogP contribution in [-0.2, 0) is 15.8 Å². The third-order valence-corrected chi connectivity index (χ3v) is 5.48. The fourth-order valence-electron chi connectivity index (χ4n) is 3.00. The lowest BCUT2D eigenvalue weighted by Gasteiger charge is -2.15. The molecule has 1 saturated carbocycles. The van der Waals surface area contributed by atoms with E-state index in [4.69, 9.17) is 10.5 Å². The number of anilines is 1. The zero-order valence-corrected chi connectivity index (χ0v) is 13.8. The molecule has 1 saturated heterocycles. The lowest BCUT2D eigenvalue weighted by Crippen LogP contribution is -2.18. The molecule has 2 aliphatic rings. The number of imidazole rings is 1. The maximum Gasteiger partial charge on any atom is 0.354 e. The van der Waals surface area contributed by atoms with Gasteiger partial charge in [-0.1, -0.05) is 6.58 Å². The van der Waals surface area contributed by atoms with Crippen molar-refractivity contribution in [2.75, 3.05) is 5.73 Å². The molecule has 24 heavy (non-hydrogen) atoms. The van der Waals surface area contributed by atoms with E-state index in [0.29, 0.717) is 23.7 Å². The summed E-state index contributed by atoms with van der Waals surface area (Å²) in [6, 6.07) is 0. The van der Waals surface area contributed by atoms with Crippen molar-refractivity contribution in [2.24, 2.45) is 0 Å². The first-order valence-corrected chi connectivity index (χ1v) is 9.37. The molecule has 0 aromatic carbocycles. The Hall–Kier alpha value is -1.80. The molecule has 128 valence electrons. The predicted molar refractivity (Wildman–Crippen MR) is 86.2 cm³/mol. The Labute approximate surface area is 137 Å². The van der Waals surface area contributed by atoms with Gasteiger partial charge in [-0.05, 0) is 18.4 Å². The number of fused-ring (bicyclic) bond motifs is 1. The summed E-state index contributed by atoms with van der Waals surface area (Å²) in [5, 5.41) is 0. The van der Waals surface area contributed by atoms with Crippen LogP contribution >= 0.6 is 7.60 Å². The van der Waals surface area contributed by atoms with Crippen molar-refractivity contribution in [3.05, 3.63) is 24.2 Å². The van der Waals surface area contributed by atoms with Crippen LogP contribution in [0.15, 0.2) is 18.5 Å². The molecule has 4 rings (SSSR count). The lowest BCUT2D eigenvalue weighted by atomic mass is 10.1. The fourth-order valence-corrected chi connectivity index (χ4v) is 3.78. The number of hydrogen-bond acceptors (Lipinski definition) is 6. The van der Waals surface area contributed by atoms with Gasteiger partial charge in [0.25, 0.3) is 0 Å². The van der Waals surface area contributed by atoms with E-state index in [2.05, 4.69) is 21.5 Å². The third kappa shape index (κ3) is 2.73. The molecule has 3 heterocycles. The highest BCUT2D eigenvalue weighted by Crippen LogP contribution is 2.49. The second-order valence-electron chi connectivity index (χ2n) is 6.34. The average Bonchev–Trinajstić information content (AvgIpc) is 3.17. The largest absolute Gasteiger partial charge is 0.368 e. The summed E-state index contributed by atoms with van der Waals surface area (Å²) in [6.07, 6.45) is 3.43. The summed E-state index contributed by atoms with van der Waals surface area (Å²) >= 11 is 0. The Morgan fingerprint density at radius 3 is 2.79 bits per heavy atom. The van der Waals surface area contributed by atoms with E-state index in [9.17, 15) is 14.4 Å². The van der Waals surface area contributed by atoms with Crippen LogP contribution in [0.5, 0.6) is 0 Å². The molecule has 2 aromatic rings. The molecule has 0 unspecified atom stereocenters. The minimum atomic E-state index is -4.30. The minimum Gasteiger partial charge on any atom is -0.368 e. The molecule has 0 radical (unpaired) electrons. The summed E-state index contributed by atoms with van der Waals surface area (Å²) in [4.78, 5) is 31.5. The molecule has 2 aromatic heterocycles. The first-order valence-electron chi connectivity index (χ1n) is 7.69. The summed E-state index contributed by atoms with van der Waals surface area (Å²) in [6.45, 7) is 4.20. The molecular weight excluding hydrogens is 333 g/mol. The van der Waals surface area contributed by atoms with Crippen LogP contribution < -0.4 is 5.73 Å². The van der Waals surface area contributed by atoms with Crippen molar-refractivity contribution in [1.29, 1.82) is 0 Å². The highest BCUT2D eigenvalue weighted by atomic mass is 31.2. The zero-order chi connectivity index (χ0) is 17.1. The van der Waals surface area contributed by atoms with Crippen molar-refractivity contribution in [3.8, 4) is 0 Å². The van der Waals surface area contributed by atoms with Crippen LogP contribution in [0.2, 0.25) is 0 Å². The van der Waals surface area contributed by atoms with Crippen molar-refractivity contribution < 1.29 is 19.1 Å². The van der Waals surface area contributed by atoms with E-state index >= 15 is 0 Å². The fraction of sp³-hybridized carbons (Fsp3) is 0.500. The van der Waals surface area contributed by atoms with Gasteiger partial charge in [0.2, 0.25) is 5.95 Å². The van der Waals surface area contributed by atoms with Gasteiger partial charge in [0, 0.05) is 12.3 Å². The van der Waals surface area contributed by atoms with Gasteiger partial charge in [0.05, 0.1) is 24.7 Å². The first-order chi connectivity index (χ1) is 11.3. The molecule has 0 amide bonds. The van der Waals surface area contributed by atoms with Crippen LogP contribution in [0.3, 0.4) is 0 Å². The Morgan fingerprint density at radius 1 is 1.42 bits per heavy atom. The number of hydrogen-bond donors (Lipinski definition) is 3. The molecule has 0 bridgehead atoms. The van der Waals surface area contributed by atoms with Crippen molar-refractivity contribution >= 4 is 24.7 Å². The van der Waals surface area contributed by atoms with Crippen LogP contribution in [0, 0.1) is 0 Å². The van der Waals surface area contributed by atoms with Gasteiger partial charge in [-0.3, -0.25) is 4.57 Å². The number of aromatic nitrogens is 4. The number of rotatable bonds is 4. The van der Waals surface area contributed by atoms with Gasteiger partial charge in [0.1, 0.15) is 5.52 Å². The summed E-state index contributed by atoms with van der Waals surface area (Å²) in [5.41, 5.74) is 8.67. The normalized spacial score (nSPS) is 24.8. The average molecular weight is 351 g/mol. The quantitative estimate of drug-likeness (QED) is 0.551. The van der Waals surface area contributed by atoms with Gasteiger partial charge in [-0.25, -0.2) is 9.97 Å². The van der Waals surface area contributed by atoms with Crippen LogP contribution in [0.4, 0.5) is 5.95 Å². The Balaban J connectivity index is 1.64. The molecule has 2 fully saturated rings. The molecule has 0 spiro atoms. The topological polar surface area (TPSA) is 136 Å². The Morgan fingerprint density at radius 2 is 2.17 bits per heavy atom. The first kappa shape index (κ1) is 15.7. The standard InChI is InChI=1S/C14H18N5O4P/c1-7-4-10(24(20,21)22)23-9(7)5-19-6-16-12-11(8-2-3-8)17-14(15)18-13(12)19/h6,8-10H,1-5H2,(H2,15,17,18)(H2,20,21,22)/t9-,10-/m0/s1. The minimum absolute atomic E-state index is 0.145. The second kappa shape index (κ2) is 5.35. The van der Waals surface area contributed by atoms with Gasteiger partial charge < -0.3 is 24.8 Å². The predicted octanol–water partition coefficient (Wildman–Crippen LogP) is 1.13. The van der Waals surface area contributed by atoms with E-state index in [1.165, 1.54) is 0 Å². The van der Waals surface area contributed by atoms with E-state index in [0.717, 1.165) is 24.1 Å². The van der Waals surface area contributed by atoms with Crippen LogP contribution in [0.1, 0.15) is 30.9 Å². The highest BCUT2D eigenvalue weighted by molar-refractivity contribution is 7.52. The van der Waals surface area contributed by atoms with Gasteiger partial charge in [-0.2, -0.15) is 4.98 Å². The van der Waals surface area contributed by atoms with Gasteiger partial charge in [0.15, 0.2) is 11.5 Å². The lowest BCUT2D eigenvalue weighted by molar-refractivity contribution is 0.0717. The Kier molecular flexibility index (Phi) is 3.50. The summed E-state index contributed by atoms with van der Waals surface area (Å²) in [5.74, 6) is -0.546. The van der Waals surface area contributed by atoms with E-state index in [1.807, 2.05) is 0 Å². The molecule has 10 heteroatoms.